The topological polar surface area (TPSA) is 102 Å². The Hall–Kier alpha value is 1.43. The van der Waals surface area contributed by atoms with E-state index in [1.54, 1.807) is 0 Å². The van der Waals surface area contributed by atoms with Crippen molar-refractivity contribution >= 4 is 90.5 Å². The van der Waals surface area contributed by atoms with Crippen molar-refractivity contribution in [3.63, 3.8) is 0 Å². The lowest BCUT2D eigenvalue weighted by molar-refractivity contribution is -0.125. The fourth-order valence-electron chi connectivity index (χ4n) is 5.44. The summed E-state index contributed by atoms with van der Waals surface area (Å²) in [5.74, 6) is 0. The molecule has 0 aromatic carbocycles. The summed E-state index contributed by atoms with van der Waals surface area (Å²) in [5.41, 5.74) is 3.95. The lowest BCUT2D eigenvalue weighted by Crippen LogP contribution is -2.68. The molecule has 0 saturated carbocycles. The summed E-state index contributed by atoms with van der Waals surface area (Å²) in [4.78, 5) is 0. The maximum Gasteiger partial charge on any atom is 0.507 e. The van der Waals surface area contributed by atoms with E-state index in [2.05, 4.69) is 138 Å². The Morgan fingerprint density at radius 3 is 1.25 bits per heavy atom. The van der Waals surface area contributed by atoms with Crippen molar-refractivity contribution in [3.8, 4) is 0 Å². The standard InChI is InChI=1S/C16H38O3Si4.C11H30O5Si3.C10H30O3Si4/c1-11-14-15-16-23(10,19-21(6,7)13-3)22(8,9)18-17-20(4,5)12-2;1-9-12-19(13-10-2,14-11-3)18(7,8)16-15-17(4,5)6;1-9-10-17(8,13-15(4)5)16(6,7)12-11-14(2)3/h12-13H,2-3,11,14-16H2,1,4-10H3;9-11H2,1-8H3;14-15H,9-10H2,1-8H3. The van der Waals surface area contributed by atoms with Crippen LogP contribution in [0.4, 0.5) is 0 Å². The zero-order chi connectivity index (χ0) is 47.2. The van der Waals surface area contributed by atoms with Crippen LogP contribution in [0.15, 0.2) is 24.6 Å². The van der Waals surface area contributed by atoms with Gasteiger partial charge in [-0.3, -0.25) is 22.9 Å². The molecule has 0 saturated heterocycles. The largest absolute Gasteiger partial charge is 0.507 e. The van der Waals surface area contributed by atoms with Gasteiger partial charge in [0.25, 0.3) is 8.32 Å². The fraction of sp³-hybridized carbons (Fsp3) is 0.892. The fourth-order valence-corrected chi connectivity index (χ4v) is 50.0. The minimum absolute atomic E-state index is 0.555. The minimum Gasteiger partial charge on any atom is -0.458 e. The van der Waals surface area contributed by atoms with Crippen molar-refractivity contribution in [2.24, 2.45) is 0 Å². The van der Waals surface area contributed by atoms with E-state index in [0.717, 1.165) is 6.04 Å². The molecule has 0 fully saturated rings. The third kappa shape index (κ3) is 25.6. The van der Waals surface area contributed by atoms with Gasteiger partial charge in [0.1, 0.15) is 0 Å². The first-order valence-corrected chi connectivity index (χ1v) is 55.9. The van der Waals surface area contributed by atoms with E-state index in [-0.39, 0.29) is 0 Å². The van der Waals surface area contributed by atoms with Gasteiger partial charge in [-0.25, -0.2) is 0 Å². The van der Waals surface area contributed by atoms with E-state index in [1.165, 1.54) is 31.7 Å². The summed E-state index contributed by atoms with van der Waals surface area (Å²) in [6.45, 7) is 61.4. The van der Waals surface area contributed by atoms with Crippen molar-refractivity contribution in [2.45, 2.75) is 197 Å². The molecule has 0 spiro atoms. The predicted octanol–water partition coefficient (Wildman–Crippen LogP) is 12.1. The minimum atomic E-state index is -2.81. The van der Waals surface area contributed by atoms with E-state index in [4.69, 9.17) is 49.0 Å². The maximum absolute atomic E-state index is 6.79. The highest BCUT2D eigenvalue weighted by Crippen LogP contribution is 2.33. The highest BCUT2D eigenvalue weighted by atomic mass is 29.3. The maximum atomic E-state index is 6.79. The van der Waals surface area contributed by atoms with Gasteiger partial charge in [0, 0.05) is 19.8 Å². The van der Waals surface area contributed by atoms with E-state index < -0.39 is 90.5 Å². The summed E-state index contributed by atoms with van der Waals surface area (Å²) < 4.78 is 65.8. The lowest BCUT2D eigenvalue weighted by atomic mass is 10.3. The Morgan fingerprint density at radius 1 is 0.458 bits per heavy atom. The molecular formula is C37H98O11Si11. The molecule has 2 unspecified atom stereocenters. The molecule has 0 aliphatic heterocycles. The quantitative estimate of drug-likeness (QED) is 0.0297. The molecule has 2 atom stereocenters. The summed E-state index contributed by atoms with van der Waals surface area (Å²) in [7, 11) is -20.5. The van der Waals surface area contributed by atoms with Gasteiger partial charge < -0.3 is 26.1 Å². The van der Waals surface area contributed by atoms with Crippen LogP contribution < -0.4 is 0 Å². The van der Waals surface area contributed by atoms with Gasteiger partial charge in [0.05, 0.1) is 0 Å². The molecule has 0 rings (SSSR count). The third-order valence-electron chi connectivity index (χ3n) is 9.65. The second-order valence-corrected chi connectivity index (χ2v) is 74.0. The van der Waals surface area contributed by atoms with Crippen molar-refractivity contribution in [2.75, 3.05) is 19.8 Å². The van der Waals surface area contributed by atoms with Crippen molar-refractivity contribution < 1.29 is 49.0 Å². The summed E-state index contributed by atoms with van der Waals surface area (Å²) in [6, 6.07) is 2.34. The highest BCUT2D eigenvalue weighted by Gasteiger charge is 2.61. The van der Waals surface area contributed by atoms with Crippen LogP contribution in [-0.2, 0) is 49.0 Å². The van der Waals surface area contributed by atoms with Crippen LogP contribution >= 0.6 is 0 Å². The molecule has 0 amide bonds. The van der Waals surface area contributed by atoms with Gasteiger partial charge in [0.2, 0.25) is 33.0 Å². The van der Waals surface area contributed by atoms with Crippen LogP contribution in [-0.4, -0.2) is 110 Å². The van der Waals surface area contributed by atoms with Crippen molar-refractivity contribution in [3.05, 3.63) is 24.6 Å². The van der Waals surface area contributed by atoms with Gasteiger partial charge >= 0.3 is 16.2 Å². The molecule has 22 heteroatoms. The van der Waals surface area contributed by atoms with E-state index in [9.17, 15) is 0 Å². The Kier molecular flexibility index (Phi) is 32.0. The average Bonchev–Trinajstić information content (AvgIpc) is 3.09. The van der Waals surface area contributed by atoms with E-state index >= 15 is 0 Å². The van der Waals surface area contributed by atoms with Crippen LogP contribution in [0.5, 0.6) is 0 Å². The molecule has 59 heavy (non-hydrogen) atoms. The number of hydrogen-bond acceptors (Lipinski definition) is 11. The smallest absolute Gasteiger partial charge is 0.458 e. The lowest BCUT2D eigenvalue weighted by Gasteiger charge is -2.43. The molecule has 11 nitrogen and oxygen atoms in total. The molecule has 0 radical (unpaired) electrons. The van der Waals surface area contributed by atoms with Gasteiger partial charge in [-0.15, -0.1) is 13.2 Å². The Labute approximate surface area is 378 Å². The first-order valence-electron chi connectivity index (χ1n) is 22.3. The van der Waals surface area contributed by atoms with E-state index in [1.807, 2.05) is 45.3 Å². The normalized spacial score (nSPS) is 15.5. The molecule has 0 N–H and O–H groups in total. The van der Waals surface area contributed by atoms with Crippen LogP contribution in [0.3, 0.4) is 0 Å². The monoisotopic (exact) mass is 1030 g/mol. The molecular weight excluding hydrogens is 929 g/mol. The molecule has 0 bridgehead atoms. The van der Waals surface area contributed by atoms with Gasteiger partial charge in [0.15, 0.2) is 33.0 Å². The van der Waals surface area contributed by atoms with Crippen LogP contribution in [0.2, 0.25) is 136 Å². The molecule has 0 aromatic rings. The Balaban J connectivity index is -0.000000808. The second-order valence-electron chi connectivity index (χ2n) is 19.6. The zero-order valence-corrected chi connectivity index (χ0v) is 54.4. The van der Waals surface area contributed by atoms with Crippen LogP contribution in [0.25, 0.3) is 0 Å². The van der Waals surface area contributed by atoms with E-state index in [0.29, 0.717) is 19.8 Å². The highest BCUT2D eigenvalue weighted by molar-refractivity contribution is 7.37. The molecule has 0 aromatic heterocycles. The SMILES string of the molecule is C=C[Si](C)(C)OO[Si](C)(C)[Si](C)(CCCCC)O[Si](C)(C)C=C.CCC[Si](C)(O[SiH](C)C)[Si](C)(C)OO[SiH](C)C.CCO[Si](OCC)(OCC)[Si](C)(C)OO[Si](C)(C)C. The molecule has 0 aliphatic rings. The zero-order valence-electron chi connectivity index (χ0n) is 43.1. The van der Waals surface area contributed by atoms with Gasteiger partial charge in [-0.2, -0.15) is 0 Å². The molecule has 0 heterocycles. The molecule has 356 valence electrons. The Bertz CT molecular complexity index is 1130. The average molecular weight is 1030 g/mol. The number of unbranched alkanes of at least 4 members (excludes halogenated alkanes) is 2. The summed E-state index contributed by atoms with van der Waals surface area (Å²) >= 11 is 0. The number of hydrogen-bond donors (Lipinski definition) is 0. The van der Waals surface area contributed by atoms with Gasteiger partial charge in [-0.1, -0.05) is 50.9 Å². The van der Waals surface area contributed by atoms with Gasteiger partial charge in [-0.05, 0) is 157 Å². The second kappa shape index (κ2) is 29.1. The third-order valence-corrected chi connectivity index (χ3v) is 59.7. The first-order chi connectivity index (χ1) is 26.6. The number of rotatable bonds is 30. The van der Waals surface area contributed by atoms with Crippen LogP contribution in [0.1, 0.15) is 60.3 Å². The summed E-state index contributed by atoms with van der Waals surface area (Å²) in [5, 5.41) is 0. The Morgan fingerprint density at radius 2 is 0.898 bits per heavy atom. The van der Waals surface area contributed by atoms with Crippen molar-refractivity contribution in [1.82, 2.24) is 0 Å². The predicted molar refractivity (Wildman–Crippen MR) is 281 cm³/mol. The summed E-state index contributed by atoms with van der Waals surface area (Å²) in [6.07, 6.45) is 4.87. The van der Waals surface area contributed by atoms with Crippen molar-refractivity contribution in [1.29, 1.82) is 0 Å². The van der Waals surface area contributed by atoms with Crippen LogP contribution in [0, 0.1) is 0 Å². The molecule has 0 aliphatic carbocycles. The first kappa shape index (κ1) is 64.7.